The van der Waals surface area contributed by atoms with Gasteiger partial charge in [-0.3, -0.25) is 9.69 Å². The number of rotatable bonds is 2. The predicted molar refractivity (Wildman–Crippen MR) is 78.1 cm³/mol. The van der Waals surface area contributed by atoms with Crippen LogP contribution in [0.15, 0.2) is 18.2 Å². The van der Waals surface area contributed by atoms with Gasteiger partial charge in [0, 0.05) is 39.8 Å². The van der Waals surface area contributed by atoms with Crippen LogP contribution in [0.2, 0.25) is 0 Å². The number of nitrogens with one attached hydrogen (secondary N) is 1. The highest BCUT2D eigenvalue weighted by molar-refractivity contribution is 5.99. The van der Waals surface area contributed by atoms with Crippen LogP contribution < -0.4 is 15.0 Å². The molecule has 5 nitrogen and oxygen atoms in total. The highest BCUT2D eigenvalue weighted by atomic mass is 16.5. The third-order valence-electron chi connectivity index (χ3n) is 3.98. The topological polar surface area (TPSA) is 44.8 Å². The molecule has 2 aliphatic rings. The van der Waals surface area contributed by atoms with Crippen molar-refractivity contribution in [3.63, 3.8) is 0 Å². The minimum Gasteiger partial charge on any atom is -0.479 e. The van der Waals surface area contributed by atoms with Crippen molar-refractivity contribution in [3.05, 3.63) is 23.8 Å². The first-order chi connectivity index (χ1) is 9.65. The van der Waals surface area contributed by atoms with E-state index in [1.54, 1.807) is 11.8 Å². The summed E-state index contributed by atoms with van der Waals surface area (Å²) in [6.07, 6.45) is -0.397. The van der Waals surface area contributed by atoms with Gasteiger partial charge in [0.1, 0.15) is 5.75 Å². The zero-order valence-corrected chi connectivity index (χ0v) is 12.1. The molecule has 2 heterocycles. The largest absolute Gasteiger partial charge is 0.479 e. The van der Waals surface area contributed by atoms with E-state index in [2.05, 4.69) is 22.3 Å². The average molecular weight is 275 g/mol. The standard InChI is InChI=1S/C15H21N3O2/c1-11-15(19)17(2)13-9-12(3-4-14(13)20-11)10-18-7-5-16-6-8-18/h3-4,9,11,16H,5-8,10H2,1-2H3. The number of ether oxygens (including phenoxy) is 1. The van der Waals surface area contributed by atoms with Crippen molar-refractivity contribution in [1.82, 2.24) is 10.2 Å². The molecule has 0 aliphatic carbocycles. The number of piperazine rings is 1. The zero-order chi connectivity index (χ0) is 14.1. The first kappa shape index (κ1) is 13.4. The van der Waals surface area contributed by atoms with Gasteiger partial charge in [0.15, 0.2) is 6.10 Å². The summed E-state index contributed by atoms with van der Waals surface area (Å²) in [7, 11) is 1.81. The van der Waals surface area contributed by atoms with Crippen molar-refractivity contribution in [2.24, 2.45) is 0 Å². The SMILES string of the molecule is CC1Oc2ccc(CN3CCNCC3)cc2N(C)C1=O. The number of carbonyl (C=O) groups excluding carboxylic acids is 1. The van der Waals surface area contributed by atoms with Gasteiger partial charge in [-0.25, -0.2) is 0 Å². The second-order valence-corrected chi connectivity index (χ2v) is 5.49. The van der Waals surface area contributed by atoms with Gasteiger partial charge < -0.3 is 15.0 Å². The van der Waals surface area contributed by atoms with Gasteiger partial charge >= 0.3 is 0 Å². The summed E-state index contributed by atoms with van der Waals surface area (Å²) in [5, 5.41) is 3.35. The van der Waals surface area contributed by atoms with Crippen LogP contribution in [0.1, 0.15) is 12.5 Å². The molecule has 0 radical (unpaired) electrons. The Labute approximate surface area is 119 Å². The number of hydrogen-bond donors (Lipinski definition) is 1. The van der Waals surface area contributed by atoms with Crippen molar-refractivity contribution in [3.8, 4) is 5.75 Å². The molecule has 1 saturated heterocycles. The maximum atomic E-state index is 12.0. The number of hydrogen-bond acceptors (Lipinski definition) is 4. The van der Waals surface area contributed by atoms with Gasteiger partial charge in [0.25, 0.3) is 5.91 Å². The molecule has 0 saturated carbocycles. The monoisotopic (exact) mass is 275 g/mol. The number of nitrogens with zero attached hydrogens (tertiary/aromatic N) is 2. The lowest BCUT2D eigenvalue weighted by molar-refractivity contribution is -0.125. The molecule has 0 bridgehead atoms. The summed E-state index contributed by atoms with van der Waals surface area (Å²) >= 11 is 0. The molecule has 1 N–H and O–H groups in total. The first-order valence-corrected chi connectivity index (χ1v) is 7.15. The second-order valence-electron chi connectivity index (χ2n) is 5.49. The molecule has 3 rings (SSSR count). The first-order valence-electron chi connectivity index (χ1n) is 7.15. The zero-order valence-electron chi connectivity index (χ0n) is 12.1. The van der Waals surface area contributed by atoms with E-state index in [1.807, 2.05) is 13.1 Å². The lowest BCUT2D eigenvalue weighted by Crippen LogP contribution is -2.43. The number of amides is 1. The van der Waals surface area contributed by atoms with E-state index < -0.39 is 6.10 Å². The molecule has 1 atom stereocenters. The third-order valence-corrected chi connectivity index (χ3v) is 3.98. The van der Waals surface area contributed by atoms with Gasteiger partial charge in [-0.1, -0.05) is 6.07 Å². The summed E-state index contributed by atoms with van der Waals surface area (Å²) in [6.45, 7) is 6.94. The van der Waals surface area contributed by atoms with Crippen LogP contribution in [0.25, 0.3) is 0 Å². The van der Waals surface area contributed by atoms with Crippen LogP contribution in [-0.4, -0.2) is 50.1 Å². The molecule has 1 aromatic rings. The van der Waals surface area contributed by atoms with E-state index in [1.165, 1.54) is 5.56 Å². The summed E-state index contributed by atoms with van der Waals surface area (Å²) in [6, 6.07) is 6.14. The van der Waals surface area contributed by atoms with Crippen LogP contribution in [0.3, 0.4) is 0 Å². The summed E-state index contributed by atoms with van der Waals surface area (Å²) in [4.78, 5) is 16.1. The number of fused-ring (bicyclic) bond motifs is 1. The minimum absolute atomic E-state index is 0.0109. The van der Waals surface area contributed by atoms with E-state index in [9.17, 15) is 4.79 Å². The fourth-order valence-corrected chi connectivity index (χ4v) is 2.78. The van der Waals surface area contributed by atoms with E-state index in [0.717, 1.165) is 44.2 Å². The summed E-state index contributed by atoms with van der Waals surface area (Å²) in [5.74, 6) is 0.806. The van der Waals surface area contributed by atoms with E-state index >= 15 is 0 Å². The fourth-order valence-electron chi connectivity index (χ4n) is 2.78. The average Bonchev–Trinajstić information content (AvgIpc) is 2.47. The molecule has 20 heavy (non-hydrogen) atoms. The van der Waals surface area contributed by atoms with Crippen LogP contribution in [-0.2, 0) is 11.3 Å². The highest BCUT2D eigenvalue weighted by Gasteiger charge is 2.29. The second kappa shape index (κ2) is 5.42. The third kappa shape index (κ3) is 2.51. The number of anilines is 1. The maximum Gasteiger partial charge on any atom is 0.267 e. The molecule has 1 aromatic carbocycles. The van der Waals surface area contributed by atoms with Gasteiger partial charge in [0.05, 0.1) is 5.69 Å². The van der Waals surface area contributed by atoms with E-state index in [0.29, 0.717) is 0 Å². The van der Waals surface area contributed by atoms with Crippen LogP contribution in [0.5, 0.6) is 5.75 Å². The van der Waals surface area contributed by atoms with Crippen molar-refractivity contribution in [2.45, 2.75) is 19.6 Å². The van der Waals surface area contributed by atoms with Gasteiger partial charge in [0.2, 0.25) is 0 Å². The Morgan fingerprint density at radius 2 is 2.10 bits per heavy atom. The summed E-state index contributed by atoms with van der Waals surface area (Å²) < 4.78 is 5.64. The van der Waals surface area contributed by atoms with E-state index in [4.69, 9.17) is 4.74 Å². The molecule has 0 spiro atoms. The molecule has 0 aromatic heterocycles. The predicted octanol–water partition coefficient (Wildman–Crippen LogP) is 0.835. The van der Waals surface area contributed by atoms with E-state index in [-0.39, 0.29) is 5.91 Å². The molecule has 1 fully saturated rings. The van der Waals surface area contributed by atoms with Crippen molar-refractivity contribution in [1.29, 1.82) is 0 Å². The molecule has 5 heteroatoms. The molecular formula is C15H21N3O2. The normalized spacial score (nSPS) is 23.4. The van der Waals surface area contributed by atoms with Gasteiger partial charge in [-0.05, 0) is 24.6 Å². The lowest BCUT2D eigenvalue weighted by Gasteiger charge is -2.31. The highest BCUT2D eigenvalue weighted by Crippen LogP contribution is 2.34. The number of carbonyl (C=O) groups is 1. The molecule has 1 amide bonds. The Morgan fingerprint density at radius 1 is 1.35 bits per heavy atom. The number of likely N-dealkylation sites (N-methyl/N-ethyl adjacent to an activating group) is 1. The van der Waals surface area contributed by atoms with Gasteiger partial charge in [-0.2, -0.15) is 0 Å². The van der Waals surface area contributed by atoms with Crippen molar-refractivity contribution < 1.29 is 9.53 Å². The molecular weight excluding hydrogens is 254 g/mol. The smallest absolute Gasteiger partial charge is 0.267 e. The fraction of sp³-hybridized carbons (Fsp3) is 0.533. The van der Waals surface area contributed by atoms with Crippen molar-refractivity contribution >= 4 is 11.6 Å². The Bertz CT molecular complexity index is 512. The van der Waals surface area contributed by atoms with Crippen LogP contribution in [0, 0.1) is 0 Å². The maximum absolute atomic E-state index is 12.0. The Kier molecular flexibility index (Phi) is 3.63. The molecule has 108 valence electrons. The minimum atomic E-state index is -0.397. The van der Waals surface area contributed by atoms with Gasteiger partial charge in [-0.15, -0.1) is 0 Å². The lowest BCUT2D eigenvalue weighted by atomic mass is 10.1. The number of benzene rings is 1. The quantitative estimate of drug-likeness (QED) is 0.868. The van der Waals surface area contributed by atoms with Crippen LogP contribution in [0.4, 0.5) is 5.69 Å². The molecule has 1 unspecified atom stereocenters. The molecule has 2 aliphatic heterocycles. The van der Waals surface area contributed by atoms with Crippen molar-refractivity contribution in [2.75, 3.05) is 38.1 Å². The van der Waals surface area contributed by atoms with Crippen LogP contribution >= 0.6 is 0 Å². The Hall–Kier alpha value is -1.59. The summed E-state index contributed by atoms with van der Waals surface area (Å²) in [5.41, 5.74) is 2.10. The Morgan fingerprint density at radius 3 is 2.85 bits per heavy atom. The Balaban J connectivity index is 1.80.